The van der Waals surface area contributed by atoms with Crippen LogP contribution in [0.3, 0.4) is 0 Å². The van der Waals surface area contributed by atoms with Crippen molar-refractivity contribution >= 4 is 46.9 Å². The normalized spacial score (nSPS) is 17.0. The van der Waals surface area contributed by atoms with Gasteiger partial charge in [0.1, 0.15) is 47.9 Å². The number of fused-ring (bicyclic) bond motifs is 1. The molecule has 0 radical (unpaired) electrons. The molecule has 19 heteroatoms. The van der Waals surface area contributed by atoms with E-state index in [0.29, 0.717) is 99.8 Å². The third kappa shape index (κ3) is 12.4. The van der Waals surface area contributed by atoms with Gasteiger partial charge in [-0.3, -0.25) is 39.6 Å². The van der Waals surface area contributed by atoms with Gasteiger partial charge < -0.3 is 44.4 Å². The number of carbonyl (C=O) groups is 5. The minimum absolute atomic E-state index is 0.0362. The topological polar surface area (TPSA) is 247 Å². The second-order valence-corrected chi connectivity index (χ2v) is 15.8. The highest BCUT2D eigenvalue weighted by atomic mass is 16.6. The zero-order valence-corrected chi connectivity index (χ0v) is 37.0. The van der Waals surface area contributed by atoms with Gasteiger partial charge in [0.25, 0.3) is 11.8 Å². The number of imide groups is 2. The van der Waals surface area contributed by atoms with Gasteiger partial charge in [0.15, 0.2) is 0 Å². The SMILES string of the molecule is C=C(CCOCCOCCOCCOCCOc1cccc2c1C(=O)N(C1CCC(=O)NC1=O)C2=O)C(=O)N1CCCC(Nc2ncnc(N)c2C(=N)c2ccc(Oc3ccccc3)cc2)C1. The summed E-state index contributed by atoms with van der Waals surface area (Å²) >= 11 is 0. The summed E-state index contributed by atoms with van der Waals surface area (Å²) in [5, 5.41) is 14.6. The number of para-hydroxylation sites is 1. The molecule has 0 aliphatic carbocycles. The molecule has 67 heavy (non-hydrogen) atoms. The number of nitrogens with one attached hydrogen (secondary N) is 3. The van der Waals surface area contributed by atoms with E-state index in [1.807, 2.05) is 30.3 Å². The molecule has 1 aromatic heterocycles. The summed E-state index contributed by atoms with van der Waals surface area (Å²) in [5.74, 6) is -0.343. The van der Waals surface area contributed by atoms with Crippen LogP contribution in [0.1, 0.15) is 63.9 Å². The molecular formula is C48H54N8O11. The number of hydrogen-bond acceptors (Lipinski definition) is 16. The number of nitrogens with two attached hydrogens (primary N) is 1. The second kappa shape index (κ2) is 23.4. The number of likely N-dealkylation sites (tertiary alicyclic amines) is 1. The van der Waals surface area contributed by atoms with E-state index in [1.54, 1.807) is 41.3 Å². The molecule has 0 spiro atoms. The first-order chi connectivity index (χ1) is 32.6. The maximum Gasteiger partial charge on any atom is 0.266 e. The predicted molar refractivity (Wildman–Crippen MR) is 244 cm³/mol. The first-order valence-corrected chi connectivity index (χ1v) is 22.1. The van der Waals surface area contributed by atoms with E-state index >= 15 is 0 Å². The van der Waals surface area contributed by atoms with Crippen molar-refractivity contribution in [3.05, 3.63) is 114 Å². The summed E-state index contributed by atoms with van der Waals surface area (Å²) in [6, 6.07) is 20.1. The van der Waals surface area contributed by atoms with E-state index in [0.717, 1.165) is 17.7 Å². The summed E-state index contributed by atoms with van der Waals surface area (Å²) in [6.07, 6.45) is 3.40. The molecule has 0 bridgehead atoms. The Balaban J connectivity index is 0.725. The molecule has 3 aromatic carbocycles. The van der Waals surface area contributed by atoms with Crippen LogP contribution in [0.2, 0.25) is 0 Å². The van der Waals surface area contributed by atoms with Crippen LogP contribution in [-0.4, -0.2) is 140 Å². The molecule has 4 heterocycles. The highest BCUT2D eigenvalue weighted by Crippen LogP contribution is 2.34. The minimum atomic E-state index is -1.06. The fourth-order valence-electron chi connectivity index (χ4n) is 7.79. The van der Waals surface area contributed by atoms with Gasteiger partial charge in [0.05, 0.1) is 75.3 Å². The second-order valence-electron chi connectivity index (χ2n) is 15.8. The fourth-order valence-corrected chi connectivity index (χ4v) is 7.79. The Bertz CT molecular complexity index is 2430. The number of nitrogens with zero attached hydrogens (tertiary/aromatic N) is 4. The summed E-state index contributed by atoms with van der Waals surface area (Å²) in [7, 11) is 0. The number of benzene rings is 3. The van der Waals surface area contributed by atoms with Gasteiger partial charge in [-0.25, -0.2) is 9.97 Å². The van der Waals surface area contributed by atoms with E-state index in [9.17, 15) is 24.0 Å². The Morgan fingerprint density at radius 2 is 1.48 bits per heavy atom. The summed E-state index contributed by atoms with van der Waals surface area (Å²) in [6.45, 7) is 7.67. The van der Waals surface area contributed by atoms with E-state index in [-0.39, 0.29) is 66.4 Å². The summed E-state index contributed by atoms with van der Waals surface area (Å²) in [4.78, 5) is 74.7. The smallest absolute Gasteiger partial charge is 0.266 e. The van der Waals surface area contributed by atoms with Crippen molar-refractivity contribution < 1.29 is 52.4 Å². The molecular weight excluding hydrogens is 865 g/mol. The quantitative estimate of drug-likeness (QED) is 0.0334. The molecule has 352 valence electrons. The number of rotatable bonds is 24. The van der Waals surface area contributed by atoms with Crippen molar-refractivity contribution in [2.75, 3.05) is 83.6 Å². The van der Waals surface area contributed by atoms with Crippen molar-refractivity contribution in [1.29, 1.82) is 5.41 Å². The zero-order valence-electron chi connectivity index (χ0n) is 37.0. The lowest BCUT2D eigenvalue weighted by atomic mass is 10.0. The molecule has 4 aromatic rings. The average molecular weight is 919 g/mol. The standard InChI is InChI=1S/C48H54N8O11/c1-31(46(59)55-19-6-7-33(29-55)53-44-41(43(50)51-30-52-44)42(49)32-12-14-35(15-13-32)67-34-8-3-2-4-9-34)18-20-62-21-22-63-23-24-64-25-26-65-27-28-66-38-11-5-10-36-40(38)48(61)56(47(36)60)37-16-17-39(57)54-45(37)58/h2-5,8-15,30,33,37,49H,1,6-7,16-29H2,(H,54,57,58)(H3,50,51,52,53). The molecule has 3 aliphatic heterocycles. The molecule has 19 nitrogen and oxygen atoms in total. The Morgan fingerprint density at radius 1 is 0.806 bits per heavy atom. The van der Waals surface area contributed by atoms with Crippen LogP contribution >= 0.6 is 0 Å². The van der Waals surface area contributed by atoms with Crippen LogP contribution in [0.25, 0.3) is 0 Å². The number of nitrogen functional groups attached to an aromatic ring is 1. The molecule has 2 fully saturated rings. The number of piperidine rings is 2. The first kappa shape index (κ1) is 47.9. The van der Waals surface area contributed by atoms with Crippen LogP contribution in [0.4, 0.5) is 11.6 Å². The number of amides is 5. The number of aromatic nitrogens is 2. The molecule has 3 aliphatic rings. The van der Waals surface area contributed by atoms with Crippen LogP contribution in [0.5, 0.6) is 17.2 Å². The molecule has 5 N–H and O–H groups in total. The van der Waals surface area contributed by atoms with E-state index in [4.69, 9.17) is 39.6 Å². The zero-order chi connectivity index (χ0) is 47.1. The van der Waals surface area contributed by atoms with Crippen molar-refractivity contribution in [2.45, 2.75) is 44.2 Å². The Morgan fingerprint density at radius 3 is 2.18 bits per heavy atom. The van der Waals surface area contributed by atoms with Crippen LogP contribution in [0.15, 0.2) is 91.3 Å². The summed E-state index contributed by atoms with van der Waals surface area (Å²) < 4.78 is 34.1. The maximum absolute atomic E-state index is 13.4. The van der Waals surface area contributed by atoms with Gasteiger partial charge in [-0.05, 0) is 67.8 Å². The van der Waals surface area contributed by atoms with E-state index in [1.165, 1.54) is 12.4 Å². The third-order valence-electron chi connectivity index (χ3n) is 11.2. The van der Waals surface area contributed by atoms with E-state index in [2.05, 4.69) is 27.2 Å². The Labute approximate surface area is 387 Å². The van der Waals surface area contributed by atoms with Crippen molar-refractivity contribution in [3.8, 4) is 17.2 Å². The highest BCUT2D eigenvalue weighted by molar-refractivity contribution is 6.24. The lowest BCUT2D eigenvalue weighted by molar-refractivity contribution is -0.136. The van der Waals surface area contributed by atoms with Gasteiger partial charge in [0, 0.05) is 43.1 Å². The van der Waals surface area contributed by atoms with Crippen molar-refractivity contribution in [1.82, 2.24) is 25.1 Å². The molecule has 5 amide bonds. The van der Waals surface area contributed by atoms with Gasteiger partial charge in [-0.1, -0.05) is 30.8 Å². The number of hydrogen-bond donors (Lipinski definition) is 4. The van der Waals surface area contributed by atoms with Crippen LogP contribution < -0.4 is 25.8 Å². The number of ether oxygens (including phenoxy) is 6. The monoisotopic (exact) mass is 918 g/mol. The number of anilines is 2. The fraction of sp³-hybridized carbons (Fsp3) is 0.375. The van der Waals surface area contributed by atoms with Crippen molar-refractivity contribution in [3.63, 3.8) is 0 Å². The largest absolute Gasteiger partial charge is 0.490 e. The van der Waals surface area contributed by atoms with Crippen LogP contribution in [-0.2, 0) is 33.3 Å². The Hall–Kier alpha value is -7.06. The molecule has 2 saturated heterocycles. The Kier molecular flexibility index (Phi) is 16.7. The van der Waals surface area contributed by atoms with Crippen molar-refractivity contribution in [2.24, 2.45) is 0 Å². The molecule has 2 unspecified atom stereocenters. The van der Waals surface area contributed by atoms with Gasteiger partial charge >= 0.3 is 0 Å². The first-order valence-electron chi connectivity index (χ1n) is 22.1. The van der Waals surface area contributed by atoms with Gasteiger partial charge in [-0.2, -0.15) is 0 Å². The maximum atomic E-state index is 13.4. The van der Waals surface area contributed by atoms with Gasteiger partial charge in [0.2, 0.25) is 17.7 Å². The minimum Gasteiger partial charge on any atom is -0.490 e. The summed E-state index contributed by atoms with van der Waals surface area (Å²) in [5.41, 5.74) is 8.12. The highest BCUT2D eigenvalue weighted by Gasteiger charge is 2.46. The van der Waals surface area contributed by atoms with E-state index < -0.39 is 29.7 Å². The lowest BCUT2D eigenvalue weighted by Gasteiger charge is -2.34. The molecule has 7 rings (SSSR count). The average Bonchev–Trinajstić information content (AvgIpc) is 3.59. The molecule has 2 atom stereocenters. The lowest BCUT2D eigenvalue weighted by Crippen LogP contribution is -2.54. The third-order valence-corrected chi connectivity index (χ3v) is 11.2. The predicted octanol–water partition coefficient (Wildman–Crippen LogP) is 4.16. The van der Waals surface area contributed by atoms with Gasteiger partial charge in [-0.15, -0.1) is 0 Å². The van der Waals surface area contributed by atoms with Crippen LogP contribution in [0, 0.1) is 5.41 Å². The number of carbonyl (C=O) groups excluding carboxylic acids is 5. The molecule has 0 saturated carbocycles.